The molecule has 3 aromatic rings. The molecule has 34 heavy (non-hydrogen) atoms. The number of nitrogens with one attached hydrogen (secondary N) is 2. The zero-order valence-electron chi connectivity index (χ0n) is 18.5. The Kier molecular flexibility index (Phi) is 7.09. The van der Waals surface area contributed by atoms with E-state index in [0.717, 1.165) is 22.4 Å². The van der Waals surface area contributed by atoms with E-state index in [4.69, 9.17) is 11.6 Å². The van der Waals surface area contributed by atoms with Crippen LogP contribution in [0.3, 0.4) is 0 Å². The van der Waals surface area contributed by atoms with Crippen molar-refractivity contribution in [2.45, 2.75) is 25.9 Å². The lowest BCUT2D eigenvalue weighted by Crippen LogP contribution is -2.34. The van der Waals surface area contributed by atoms with E-state index in [1.807, 2.05) is 42.5 Å². The Morgan fingerprint density at radius 2 is 1.68 bits per heavy atom. The number of hydrogen-bond donors (Lipinski definition) is 2. The van der Waals surface area contributed by atoms with Crippen LogP contribution in [0.5, 0.6) is 0 Å². The van der Waals surface area contributed by atoms with Crippen molar-refractivity contribution < 1.29 is 14.4 Å². The highest BCUT2D eigenvalue weighted by Crippen LogP contribution is 2.32. The molecule has 0 spiro atoms. The zero-order valence-corrected chi connectivity index (χ0v) is 19.3. The van der Waals surface area contributed by atoms with Gasteiger partial charge in [-0.2, -0.15) is 0 Å². The molecule has 0 radical (unpaired) electrons. The molecule has 3 aromatic carbocycles. The minimum atomic E-state index is -0.248. The minimum Gasteiger partial charge on any atom is -0.348 e. The van der Waals surface area contributed by atoms with Crippen LogP contribution in [0.15, 0.2) is 79.4 Å². The topological polar surface area (TPSA) is 78.5 Å². The maximum Gasteiger partial charge on any atom is 0.255 e. The molecule has 1 heterocycles. The van der Waals surface area contributed by atoms with Gasteiger partial charge in [0.1, 0.15) is 0 Å². The summed E-state index contributed by atoms with van der Waals surface area (Å²) in [5.41, 5.74) is 4.93. The van der Waals surface area contributed by atoms with E-state index in [-0.39, 0.29) is 17.7 Å². The third kappa shape index (κ3) is 5.53. The van der Waals surface area contributed by atoms with E-state index in [1.165, 1.54) is 6.08 Å². The van der Waals surface area contributed by atoms with Crippen LogP contribution >= 0.6 is 11.6 Å². The second-order valence-corrected chi connectivity index (χ2v) is 8.46. The van der Waals surface area contributed by atoms with Gasteiger partial charge < -0.3 is 15.5 Å². The fraction of sp³-hybridized carbons (Fsp3) is 0.148. The van der Waals surface area contributed by atoms with Crippen LogP contribution in [-0.4, -0.2) is 17.7 Å². The number of halogens is 1. The fourth-order valence-corrected chi connectivity index (χ4v) is 3.95. The molecular weight excluding hydrogens is 450 g/mol. The van der Waals surface area contributed by atoms with Gasteiger partial charge in [0.05, 0.1) is 6.54 Å². The lowest BCUT2D eigenvalue weighted by Gasteiger charge is -2.30. The highest BCUT2D eigenvalue weighted by Gasteiger charge is 2.24. The van der Waals surface area contributed by atoms with Gasteiger partial charge in [0, 0.05) is 34.9 Å². The minimum absolute atomic E-state index is 0.0728. The molecule has 1 aliphatic rings. The number of fused-ring (bicyclic) bond motifs is 1. The molecule has 3 amide bonds. The molecule has 0 aromatic heterocycles. The average molecular weight is 474 g/mol. The lowest BCUT2D eigenvalue weighted by molar-refractivity contribution is -0.119. The Labute approximate surface area is 203 Å². The predicted molar refractivity (Wildman–Crippen MR) is 134 cm³/mol. The first-order chi connectivity index (χ1) is 16.4. The van der Waals surface area contributed by atoms with Crippen molar-refractivity contribution in [3.63, 3.8) is 0 Å². The number of amides is 3. The number of carbonyl (C=O) groups is 3. The first-order valence-corrected chi connectivity index (χ1v) is 11.3. The second kappa shape index (κ2) is 10.4. The number of anilines is 2. The van der Waals surface area contributed by atoms with Crippen molar-refractivity contribution in [1.82, 2.24) is 5.32 Å². The molecule has 6 nitrogen and oxygen atoms in total. The third-order valence-electron chi connectivity index (χ3n) is 5.66. The molecule has 4 rings (SSSR count). The Bertz CT molecular complexity index is 1240. The highest BCUT2D eigenvalue weighted by molar-refractivity contribution is 6.30. The van der Waals surface area contributed by atoms with Gasteiger partial charge in [0.2, 0.25) is 11.8 Å². The van der Waals surface area contributed by atoms with Gasteiger partial charge in [0.25, 0.3) is 5.91 Å². The molecule has 0 fully saturated rings. The van der Waals surface area contributed by atoms with Gasteiger partial charge in [-0.3, -0.25) is 14.4 Å². The Hall–Kier alpha value is -3.90. The molecule has 0 saturated heterocycles. The van der Waals surface area contributed by atoms with Gasteiger partial charge in [-0.1, -0.05) is 42.4 Å². The number of rotatable bonds is 7. The second-order valence-electron chi connectivity index (χ2n) is 8.02. The summed E-state index contributed by atoms with van der Waals surface area (Å²) in [7, 11) is 0. The number of benzene rings is 3. The summed E-state index contributed by atoms with van der Waals surface area (Å²) in [6, 6.07) is 20.1. The monoisotopic (exact) mass is 473 g/mol. The Morgan fingerprint density at radius 1 is 0.971 bits per heavy atom. The molecule has 0 unspecified atom stereocenters. The molecule has 172 valence electrons. The largest absolute Gasteiger partial charge is 0.348 e. The molecule has 0 aliphatic carbocycles. The fourth-order valence-electron chi connectivity index (χ4n) is 3.82. The van der Waals surface area contributed by atoms with E-state index in [1.54, 1.807) is 29.2 Å². The van der Waals surface area contributed by atoms with Gasteiger partial charge in [-0.15, -0.1) is 0 Å². The third-order valence-corrected chi connectivity index (χ3v) is 5.91. The molecule has 0 saturated carbocycles. The summed E-state index contributed by atoms with van der Waals surface area (Å²) < 4.78 is 0. The van der Waals surface area contributed by atoms with Crippen molar-refractivity contribution in [1.29, 1.82) is 0 Å². The van der Waals surface area contributed by atoms with Gasteiger partial charge in [-0.25, -0.2) is 0 Å². The van der Waals surface area contributed by atoms with E-state index in [9.17, 15) is 14.4 Å². The number of hydrogen-bond acceptors (Lipinski definition) is 3. The summed E-state index contributed by atoms with van der Waals surface area (Å²) >= 11 is 5.97. The van der Waals surface area contributed by atoms with Gasteiger partial charge in [-0.05, 0) is 71.7 Å². The first-order valence-electron chi connectivity index (χ1n) is 10.9. The first kappa shape index (κ1) is 23.3. The van der Waals surface area contributed by atoms with E-state index in [2.05, 4.69) is 17.2 Å². The summed E-state index contributed by atoms with van der Waals surface area (Å²) in [5, 5.41) is 6.28. The van der Waals surface area contributed by atoms with Crippen molar-refractivity contribution in [2.24, 2.45) is 0 Å². The van der Waals surface area contributed by atoms with Gasteiger partial charge >= 0.3 is 0 Å². The van der Waals surface area contributed by atoms with Crippen molar-refractivity contribution >= 4 is 40.7 Å². The Balaban J connectivity index is 1.44. The standard InChI is InChI=1S/C27H24ClN3O3/c1-2-25(32)29-16-18-3-7-20(8-4-18)27(34)30-23-12-13-24-21(15-23)9-14-26(33)31(24)17-19-5-10-22(28)11-6-19/h2-8,10-13,15H,1,9,14,16-17H2,(H,29,32)(H,30,34). The van der Waals surface area contributed by atoms with Crippen LogP contribution < -0.4 is 15.5 Å². The normalized spacial score (nSPS) is 12.6. The molecule has 7 heteroatoms. The average Bonchev–Trinajstić information content (AvgIpc) is 2.85. The smallest absolute Gasteiger partial charge is 0.255 e. The zero-order chi connectivity index (χ0) is 24.1. The van der Waals surface area contributed by atoms with Gasteiger partial charge in [0.15, 0.2) is 0 Å². The van der Waals surface area contributed by atoms with E-state index < -0.39 is 0 Å². The molecule has 2 N–H and O–H groups in total. The SMILES string of the molecule is C=CC(=O)NCc1ccc(C(=O)Nc2ccc3c(c2)CCC(=O)N3Cc2ccc(Cl)cc2)cc1. The van der Waals surface area contributed by atoms with Crippen LogP contribution in [0, 0.1) is 0 Å². The summed E-state index contributed by atoms with van der Waals surface area (Å²) in [6.07, 6.45) is 2.26. The predicted octanol–water partition coefficient (Wildman–Crippen LogP) is 4.87. The molecular formula is C27H24ClN3O3. The summed E-state index contributed by atoms with van der Waals surface area (Å²) in [4.78, 5) is 38.4. The van der Waals surface area contributed by atoms with Crippen molar-refractivity contribution in [3.05, 3.63) is 107 Å². The number of nitrogens with zero attached hydrogens (tertiary/aromatic N) is 1. The van der Waals surface area contributed by atoms with Crippen molar-refractivity contribution in [3.8, 4) is 0 Å². The Morgan fingerprint density at radius 3 is 2.38 bits per heavy atom. The van der Waals surface area contributed by atoms with Crippen LogP contribution in [0.4, 0.5) is 11.4 Å². The van der Waals surface area contributed by atoms with Crippen LogP contribution in [0.2, 0.25) is 5.02 Å². The maximum absolute atomic E-state index is 12.7. The quantitative estimate of drug-likeness (QED) is 0.480. The molecule has 0 atom stereocenters. The summed E-state index contributed by atoms with van der Waals surface area (Å²) in [5.74, 6) is -0.405. The number of aryl methyl sites for hydroxylation is 1. The van der Waals surface area contributed by atoms with Crippen LogP contribution in [0.1, 0.15) is 33.5 Å². The van der Waals surface area contributed by atoms with Crippen molar-refractivity contribution in [2.75, 3.05) is 10.2 Å². The number of carbonyl (C=O) groups excluding carboxylic acids is 3. The molecule has 1 aliphatic heterocycles. The maximum atomic E-state index is 12.7. The molecule has 0 bridgehead atoms. The van der Waals surface area contributed by atoms with E-state index in [0.29, 0.717) is 42.2 Å². The summed E-state index contributed by atoms with van der Waals surface area (Å²) in [6.45, 7) is 4.25. The lowest BCUT2D eigenvalue weighted by atomic mass is 9.99. The van der Waals surface area contributed by atoms with Crippen LogP contribution in [-0.2, 0) is 29.1 Å². The van der Waals surface area contributed by atoms with E-state index >= 15 is 0 Å². The highest BCUT2D eigenvalue weighted by atomic mass is 35.5. The van der Waals surface area contributed by atoms with Crippen LogP contribution in [0.25, 0.3) is 0 Å².